The van der Waals surface area contributed by atoms with Crippen LogP contribution < -0.4 is 4.74 Å². The second-order valence-corrected chi connectivity index (χ2v) is 12.6. The first-order chi connectivity index (χ1) is 21.1. The van der Waals surface area contributed by atoms with Gasteiger partial charge in [0, 0.05) is 6.42 Å². The Labute approximate surface area is 265 Å². The van der Waals surface area contributed by atoms with E-state index in [1.54, 1.807) is 0 Å². The van der Waals surface area contributed by atoms with Gasteiger partial charge < -0.3 is 9.47 Å². The minimum absolute atomic E-state index is 0.0862. The van der Waals surface area contributed by atoms with Crippen molar-refractivity contribution >= 4 is 5.97 Å². The minimum atomic E-state index is -0.225. The van der Waals surface area contributed by atoms with Crippen molar-refractivity contribution in [1.82, 2.24) is 0 Å². The summed E-state index contributed by atoms with van der Waals surface area (Å²) in [4.78, 5) is 12.3. The molecular weight excluding hydrogens is 528 g/mol. The number of unbranched alkanes of at least 4 members (excludes halogenated alkanes) is 19. The number of hydrogen-bond donors (Lipinski definition) is 0. The van der Waals surface area contributed by atoms with Crippen LogP contribution in [-0.4, -0.2) is 12.6 Å². The number of esters is 1. The summed E-state index contributed by atoms with van der Waals surface area (Å²) in [6.07, 6.45) is 27.9. The van der Waals surface area contributed by atoms with Gasteiger partial charge in [0.25, 0.3) is 0 Å². The standard InChI is InChI=1S/C40H64O3/c1-4-6-8-10-12-14-15-16-17-18-20-22-24-34-42-39-32-30-38(31-33-39)37-28-26-36(27-29-37)35(3)43-40(41)25-23-21-19-13-11-9-7-5-2/h26-33,35H,4-25,34H2,1-3H3. The third-order valence-corrected chi connectivity index (χ3v) is 8.63. The van der Waals surface area contributed by atoms with E-state index in [2.05, 4.69) is 62.4 Å². The van der Waals surface area contributed by atoms with E-state index in [9.17, 15) is 4.79 Å². The number of ether oxygens (including phenoxy) is 2. The fourth-order valence-electron chi connectivity index (χ4n) is 5.73. The van der Waals surface area contributed by atoms with Crippen molar-refractivity contribution in [2.24, 2.45) is 0 Å². The molecule has 0 bridgehead atoms. The average Bonchev–Trinajstić information content (AvgIpc) is 3.03. The van der Waals surface area contributed by atoms with Crippen molar-refractivity contribution in [2.45, 2.75) is 168 Å². The molecule has 0 fully saturated rings. The Hall–Kier alpha value is -2.29. The Morgan fingerprint density at radius 3 is 1.40 bits per heavy atom. The molecule has 0 saturated heterocycles. The van der Waals surface area contributed by atoms with Crippen LogP contribution in [0.4, 0.5) is 0 Å². The van der Waals surface area contributed by atoms with Gasteiger partial charge in [0.05, 0.1) is 6.61 Å². The molecule has 0 N–H and O–H groups in total. The first-order valence-electron chi connectivity index (χ1n) is 18.2. The van der Waals surface area contributed by atoms with E-state index in [1.807, 2.05) is 6.92 Å². The highest BCUT2D eigenvalue weighted by atomic mass is 16.5. The highest BCUT2D eigenvalue weighted by molar-refractivity contribution is 5.70. The minimum Gasteiger partial charge on any atom is -0.494 e. The zero-order valence-electron chi connectivity index (χ0n) is 28.2. The molecule has 0 heterocycles. The highest BCUT2D eigenvalue weighted by Gasteiger charge is 2.12. The second kappa shape index (κ2) is 25.1. The van der Waals surface area contributed by atoms with Crippen molar-refractivity contribution in [3.8, 4) is 16.9 Å². The second-order valence-electron chi connectivity index (χ2n) is 12.6. The quantitative estimate of drug-likeness (QED) is 0.0764. The molecule has 0 amide bonds. The molecule has 0 radical (unpaired) electrons. The molecule has 2 aromatic carbocycles. The summed E-state index contributed by atoms with van der Waals surface area (Å²) in [5, 5.41) is 0. The van der Waals surface area contributed by atoms with Crippen LogP contribution in [0.15, 0.2) is 48.5 Å². The largest absolute Gasteiger partial charge is 0.494 e. The molecule has 0 aliphatic rings. The molecule has 0 spiro atoms. The summed E-state index contributed by atoms with van der Waals surface area (Å²) in [6, 6.07) is 16.8. The molecule has 0 aliphatic carbocycles. The van der Waals surface area contributed by atoms with Crippen molar-refractivity contribution in [3.63, 3.8) is 0 Å². The fraction of sp³-hybridized carbons (Fsp3) is 0.675. The molecule has 1 unspecified atom stereocenters. The Morgan fingerprint density at radius 2 is 0.930 bits per heavy atom. The molecule has 3 nitrogen and oxygen atoms in total. The molecule has 3 heteroatoms. The van der Waals surface area contributed by atoms with Gasteiger partial charge in [0.2, 0.25) is 0 Å². The molecule has 1 atom stereocenters. The molecule has 2 aromatic rings. The van der Waals surface area contributed by atoms with Crippen molar-refractivity contribution in [1.29, 1.82) is 0 Å². The predicted octanol–water partition coefficient (Wildman–Crippen LogP) is 13.0. The number of rotatable bonds is 27. The van der Waals surface area contributed by atoms with Crippen LogP contribution in [0.25, 0.3) is 11.1 Å². The predicted molar refractivity (Wildman–Crippen MR) is 185 cm³/mol. The summed E-state index contributed by atoms with van der Waals surface area (Å²) in [5.74, 6) is 0.855. The van der Waals surface area contributed by atoms with Gasteiger partial charge in [-0.15, -0.1) is 0 Å². The SMILES string of the molecule is CCCCCCCCCCCCCCCOc1ccc(-c2ccc(C(C)OC(=O)CCCCCCCCCC)cc2)cc1. The summed E-state index contributed by atoms with van der Waals surface area (Å²) in [5.41, 5.74) is 3.36. The summed E-state index contributed by atoms with van der Waals surface area (Å²) < 4.78 is 11.7. The number of carbonyl (C=O) groups excluding carboxylic acids is 1. The maximum Gasteiger partial charge on any atom is 0.306 e. The van der Waals surface area contributed by atoms with E-state index in [-0.39, 0.29) is 12.1 Å². The normalized spacial score (nSPS) is 11.9. The van der Waals surface area contributed by atoms with Crippen molar-refractivity contribution in [3.05, 3.63) is 54.1 Å². The van der Waals surface area contributed by atoms with Crippen LogP contribution in [0.2, 0.25) is 0 Å². The van der Waals surface area contributed by atoms with Crippen LogP contribution in [0.5, 0.6) is 5.75 Å². The van der Waals surface area contributed by atoms with Crippen LogP contribution in [0.1, 0.15) is 174 Å². The van der Waals surface area contributed by atoms with Crippen LogP contribution in [0.3, 0.4) is 0 Å². The zero-order chi connectivity index (χ0) is 30.8. The number of carbonyl (C=O) groups is 1. The smallest absolute Gasteiger partial charge is 0.306 e. The zero-order valence-corrected chi connectivity index (χ0v) is 28.2. The van der Waals surface area contributed by atoms with Gasteiger partial charge in [0.1, 0.15) is 11.9 Å². The lowest BCUT2D eigenvalue weighted by molar-refractivity contribution is -0.148. The third-order valence-electron chi connectivity index (χ3n) is 8.63. The Balaban J connectivity index is 1.54. The van der Waals surface area contributed by atoms with Gasteiger partial charge in [0.15, 0.2) is 0 Å². The molecule has 43 heavy (non-hydrogen) atoms. The Kier molecular flexibility index (Phi) is 21.5. The average molecular weight is 593 g/mol. The lowest BCUT2D eigenvalue weighted by Crippen LogP contribution is -2.08. The first-order valence-corrected chi connectivity index (χ1v) is 18.2. The monoisotopic (exact) mass is 592 g/mol. The highest BCUT2D eigenvalue weighted by Crippen LogP contribution is 2.26. The molecule has 0 aromatic heterocycles. The summed E-state index contributed by atoms with van der Waals surface area (Å²) in [6.45, 7) is 7.29. The lowest BCUT2D eigenvalue weighted by atomic mass is 10.0. The van der Waals surface area contributed by atoms with Crippen molar-refractivity contribution in [2.75, 3.05) is 6.61 Å². The number of hydrogen-bond acceptors (Lipinski definition) is 3. The molecular formula is C40H64O3. The number of benzene rings is 2. The van der Waals surface area contributed by atoms with Gasteiger partial charge >= 0.3 is 5.97 Å². The maximum atomic E-state index is 12.3. The topological polar surface area (TPSA) is 35.5 Å². The Bertz CT molecular complexity index is 918. The van der Waals surface area contributed by atoms with Gasteiger partial charge in [-0.25, -0.2) is 0 Å². The molecule has 242 valence electrons. The first kappa shape index (κ1) is 36.9. The van der Waals surface area contributed by atoms with Gasteiger partial charge in [-0.05, 0) is 48.6 Å². The summed E-state index contributed by atoms with van der Waals surface area (Å²) in [7, 11) is 0. The third kappa shape index (κ3) is 18.2. The van der Waals surface area contributed by atoms with E-state index >= 15 is 0 Å². The van der Waals surface area contributed by atoms with E-state index in [0.29, 0.717) is 6.42 Å². The Morgan fingerprint density at radius 1 is 0.535 bits per heavy atom. The fourth-order valence-corrected chi connectivity index (χ4v) is 5.73. The molecule has 0 aliphatic heterocycles. The van der Waals surface area contributed by atoms with Crippen LogP contribution >= 0.6 is 0 Å². The molecule has 2 rings (SSSR count). The summed E-state index contributed by atoms with van der Waals surface area (Å²) >= 11 is 0. The van der Waals surface area contributed by atoms with Crippen molar-refractivity contribution < 1.29 is 14.3 Å². The lowest BCUT2D eigenvalue weighted by Gasteiger charge is -2.14. The molecule has 0 saturated carbocycles. The van der Waals surface area contributed by atoms with E-state index in [0.717, 1.165) is 42.7 Å². The van der Waals surface area contributed by atoms with Crippen LogP contribution in [0, 0.1) is 0 Å². The van der Waals surface area contributed by atoms with Gasteiger partial charge in [-0.3, -0.25) is 4.79 Å². The van der Waals surface area contributed by atoms with Gasteiger partial charge in [-0.2, -0.15) is 0 Å². The maximum absolute atomic E-state index is 12.3. The van der Waals surface area contributed by atoms with Gasteiger partial charge in [-0.1, -0.05) is 172 Å². The van der Waals surface area contributed by atoms with E-state index in [4.69, 9.17) is 9.47 Å². The van der Waals surface area contributed by atoms with Crippen LogP contribution in [-0.2, 0) is 9.53 Å². The van der Waals surface area contributed by atoms with E-state index in [1.165, 1.54) is 121 Å². The van der Waals surface area contributed by atoms with E-state index < -0.39 is 0 Å².